The van der Waals surface area contributed by atoms with E-state index in [-0.39, 0.29) is 10.2 Å². The van der Waals surface area contributed by atoms with Crippen LogP contribution in [0.25, 0.3) is 5.69 Å². The fraction of sp³-hybridized carbons (Fsp3) is 0.100. The monoisotopic (exact) mass is 337 g/mol. The largest absolute Gasteiger partial charge is 0.456 e. The topological polar surface area (TPSA) is 47.8 Å². The number of carbonyl (C=O) groups excluding carboxylic acids is 1. The molecule has 0 aliphatic rings. The molecule has 0 fully saturated rings. The number of alkyl halides is 3. The second kappa shape index (κ2) is 4.72. The second-order valence-corrected chi connectivity index (χ2v) is 4.30. The normalized spacial score (nSPS) is 11.6. The summed E-state index contributed by atoms with van der Waals surface area (Å²) in [5.41, 5.74) is -1.03. The van der Waals surface area contributed by atoms with E-state index in [0.717, 1.165) is 16.9 Å². The molecule has 2 rings (SSSR count). The third kappa shape index (κ3) is 2.65. The second-order valence-electron chi connectivity index (χ2n) is 3.45. The van der Waals surface area contributed by atoms with Crippen molar-refractivity contribution in [1.29, 1.82) is 0 Å². The zero-order valence-electron chi connectivity index (χ0n) is 8.95. The third-order valence-corrected chi connectivity index (χ3v) is 2.79. The lowest BCUT2D eigenvalue weighted by Crippen LogP contribution is -2.23. The number of benzene rings is 1. The third-order valence-electron chi connectivity index (χ3n) is 2.15. The molecule has 1 heterocycles. The first-order chi connectivity index (χ1) is 8.80. The summed E-state index contributed by atoms with van der Waals surface area (Å²) < 4.78 is 51.2. The van der Waals surface area contributed by atoms with Crippen LogP contribution in [0.15, 0.2) is 28.9 Å². The molecule has 0 unspecified atom stereocenters. The van der Waals surface area contributed by atoms with Crippen LogP contribution in [0.5, 0.6) is 0 Å². The molecular formula is C10H4BrF4N3O. The van der Waals surface area contributed by atoms with Crippen molar-refractivity contribution in [3.8, 4) is 5.69 Å². The van der Waals surface area contributed by atoms with E-state index in [1.807, 2.05) is 0 Å². The SMILES string of the molecule is O=C(c1cn(-c2c(F)cccc2Br)nn1)C(F)(F)F. The van der Waals surface area contributed by atoms with Gasteiger partial charge in [0.05, 0.1) is 6.20 Å². The van der Waals surface area contributed by atoms with Gasteiger partial charge in [0.1, 0.15) is 11.5 Å². The Kier molecular flexibility index (Phi) is 3.40. The van der Waals surface area contributed by atoms with Crippen molar-refractivity contribution in [2.24, 2.45) is 0 Å². The lowest BCUT2D eigenvalue weighted by atomic mass is 10.3. The number of carbonyl (C=O) groups is 1. The van der Waals surface area contributed by atoms with Gasteiger partial charge in [-0.25, -0.2) is 9.07 Å². The number of Topliss-reactive ketones (excluding diaryl/α,β-unsaturated/α-hetero) is 1. The van der Waals surface area contributed by atoms with Gasteiger partial charge in [0.15, 0.2) is 5.69 Å². The Morgan fingerprint density at radius 2 is 2.00 bits per heavy atom. The molecule has 0 N–H and O–H groups in total. The van der Waals surface area contributed by atoms with Crippen molar-refractivity contribution in [2.75, 3.05) is 0 Å². The van der Waals surface area contributed by atoms with Gasteiger partial charge >= 0.3 is 6.18 Å². The Morgan fingerprint density at radius 3 is 2.58 bits per heavy atom. The number of halogens is 5. The van der Waals surface area contributed by atoms with E-state index in [1.165, 1.54) is 12.1 Å². The molecule has 1 aromatic heterocycles. The summed E-state index contributed by atoms with van der Waals surface area (Å²) in [5, 5.41) is 6.42. The van der Waals surface area contributed by atoms with Crippen molar-refractivity contribution < 1.29 is 22.4 Å². The van der Waals surface area contributed by atoms with Crippen molar-refractivity contribution in [1.82, 2.24) is 15.0 Å². The van der Waals surface area contributed by atoms with E-state index < -0.39 is 23.5 Å². The van der Waals surface area contributed by atoms with E-state index in [0.29, 0.717) is 0 Å². The first kappa shape index (κ1) is 13.7. The summed E-state index contributed by atoms with van der Waals surface area (Å²) >= 11 is 3.03. The van der Waals surface area contributed by atoms with Crippen LogP contribution in [0, 0.1) is 5.82 Å². The molecule has 4 nitrogen and oxygen atoms in total. The van der Waals surface area contributed by atoms with Crippen LogP contribution < -0.4 is 0 Å². The maximum Gasteiger partial charge on any atom is 0.456 e. The molecule has 0 saturated carbocycles. The van der Waals surface area contributed by atoms with Crippen LogP contribution in [0.2, 0.25) is 0 Å². The van der Waals surface area contributed by atoms with Crippen molar-refractivity contribution in [3.05, 3.63) is 40.4 Å². The van der Waals surface area contributed by atoms with Crippen LogP contribution in [0.1, 0.15) is 10.5 Å². The molecule has 9 heteroatoms. The number of nitrogens with zero attached hydrogens (tertiary/aromatic N) is 3. The highest BCUT2D eigenvalue weighted by atomic mass is 79.9. The maximum atomic E-state index is 13.6. The summed E-state index contributed by atoms with van der Waals surface area (Å²) in [6.45, 7) is 0. The quantitative estimate of drug-likeness (QED) is 0.625. The fourth-order valence-electron chi connectivity index (χ4n) is 1.33. The zero-order chi connectivity index (χ0) is 14.2. The molecule has 0 atom stereocenters. The Bertz CT molecular complexity index is 618. The average molecular weight is 338 g/mol. The minimum absolute atomic E-state index is 0.128. The summed E-state index contributed by atoms with van der Waals surface area (Å²) in [6.07, 6.45) is -4.33. The highest BCUT2D eigenvalue weighted by molar-refractivity contribution is 9.10. The van der Waals surface area contributed by atoms with Gasteiger partial charge < -0.3 is 0 Å². The van der Waals surface area contributed by atoms with Gasteiger partial charge in [0.2, 0.25) is 0 Å². The standard InChI is InChI=1S/C10H4BrF4N3O/c11-5-2-1-3-6(12)8(5)18-4-7(16-17-18)9(19)10(13,14)15/h1-4H. The number of hydrogen-bond donors (Lipinski definition) is 0. The molecule has 0 spiro atoms. The molecule has 19 heavy (non-hydrogen) atoms. The Morgan fingerprint density at radius 1 is 1.32 bits per heavy atom. The molecule has 0 aliphatic heterocycles. The number of para-hydroxylation sites is 1. The first-order valence-corrected chi connectivity index (χ1v) is 5.58. The first-order valence-electron chi connectivity index (χ1n) is 4.79. The van der Waals surface area contributed by atoms with E-state index in [9.17, 15) is 22.4 Å². The molecular weight excluding hydrogens is 334 g/mol. The minimum Gasteiger partial charge on any atom is -0.282 e. The Balaban J connectivity index is 2.45. The van der Waals surface area contributed by atoms with Gasteiger partial charge in [-0.2, -0.15) is 13.2 Å². The van der Waals surface area contributed by atoms with E-state index in [2.05, 4.69) is 26.2 Å². The van der Waals surface area contributed by atoms with Gasteiger partial charge in [-0.15, -0.1) is 5.10 Å². The zero-order valence-corrected chi connectivity index (χ0v) is 10.5. The number of hydrogen-bond acceptors (Lipinski definition) is 3. The summed E-state index contributed by atoms with van der Waals surface area (Å²) in [4.78, 5) is 10.9. The summed E-state index contributed by atoms with van der Waals surface area (Å²) in [7, 11) is 0. The van der Waals surface area contributed by atoms with Gasteiger partial charge in [0.25, 0.3) is 5.78 Å². The van der Waals surface area contributed by atoms with Gasteiger partial charge in [0, 0.05) is 4.47 Å². The summed E-state index contributed by atoms with van der Waals surface area (Å²) in [5.74, 6) is -2.85. The molecule has 0 saturated heterocycles. The van der Waals surface area contributed by atoms with Crippen LogP contribution in [-0.2, 0) is 0 Å². The highest BCUT2D eigenvalue weighted by Crippen LogP contribution is 2.25. The molecule has 1 aromatic carbocycles. The predicted octanol–water partition coefficient (Wildman–Crippen LogP) is 2.91. The van der Waals surface area contributed by atoms with Gasteiger partial charge in [-0.1, -0.05) is 11.3 Å². The van der Waals surface area contributed by atoms with Crippen LogP contribution in [0.3, 0.4) is 0 Å². The predicted molar refractivity (Wildman–Crippen MR) is 59.4 cm³/mol. The van der Waals surface area contributed by atoms with E-state index in [1.54, 1.807) is 0 Å². The Hall–Kier alpha value is -1.77. The highest BCUT2D eigenvalue weighted by Gasteiger charge is 2.41. The van der Waals surface area contributed by atoms with Crippen LogP contribution in [-0.4, -0.2) is 27.0 Å². The smallest absolute Gasteiger partial charge is 0.282 e. The van der Waals surface area contributed by atoms with Crippen molar-refractivity contribution in [2.45, 2.75) is 6.18 Å². The number of rotatable bonds is 2. The molecule has 0 bridgehead atoms. The average Bonchev–Trinajstić information content (AvgIpc) is 2.75. The fourth-order valence-corrected chi connectivity index (χ4v) is 1.85. The molecule has 0 aliphatic carbocycles. The molecule has 0 amide bonds. The number of aromatic nitrogens is 3. The van der Waals surface area contributed by atoms with Crippen molar-refractivity contribution in [3.63, 3.8) is 0 Å². The van der Waals surface area contributed by atoms with Gasteiger partial charge in [-0.05, 0) is 28.1 Å². The van der Waals surface area contributed by atoms with Gasteiger partial charge in [-0.3, -0.25) is 4.79 Å². The molecule has 0 radical (unpaired) electrons. The maximum absolute atomic E-state index is 13.6. The lowest BCUT2D eigenvalue weighted by molar-refractivity contribution is -0.0888. The summed E-state index contributed by atoms with van der Waals surface area (Å²) in [6, 6.07) is 3.99. The Labute approximate surface area is 112 Å². The molecule has 100 valence electrons. The van der Waals surface area contributed by atoms with Crippen LogP contribution >= 0.6 is 15.9 Å². The van der Waals surface area contributed by atoms with E-state index in [4.69, 9.17) is 0 Å². The minimum atomic E-state index is -5.05. The van der Waals surface area contributed by atoms with Crippen LogP contribution in [0.4, 0.5) is 17.6 Å². The number of ketones is 1. The lowest BCUT2D eigenvalue weighted by Gasteiger charge is -2.04. The molecule has 2 aromatic rings. The van der Waals surface area contributed by atoms with E-state index >= 15 is 0 Å². The van der Waals surface area contributed by atoms with Crippen molar-refractivity contribution >= 4 is 21.7 Å².